The minimum Gasteiger partial charge on any atom is -0.438 e. The van der Waals surface area contributed by atoms with Gasteiger partial charge in [0.05, 0.1) is 23.9 Å². The first-order chi connectivity index (χ1) is 11.7. The first-order valence-electron chi connectivity index (χ1n) is 7.58. The third kappa shape index (κ3) is 2.79. The van der Waals surface area contributed by atoms with E-state index in [9.17, 15) is 0 Å². The van der Waals surface area contributed by atoms with Crippen molar-refractivity contribution in [1.29, 1.82) is 5.26 Å². The molecule has 3 aromatic rings. The van der Waals surface area contributed by atoms with Gasteiger partial charge in [0.15, 0.2) is 0 Å². The lowest BCUT2D eigenvalue weighted by Crippen LogP contribution is -2.29. The van der Waals surface area contributed by atoms with E-state index in [0.717, 1.165) is 40.3 Å². The number of pyridine rings is 1. The zero-order chi connectivity index (χ0) is 16.5. The summed E-state index contributed by atoms with van der Waals surface area (Å²) in [4.78, 5) is 11.1. The number of halogens is 1. The largest absolute Gasteiger partial charge is 0.438 e. The fourth-order valence-electron chi connectivity index (χ4n) is 2.84. The van der Waals surface area contributed by atoms with Crippen LogP contribution < -0.4 is 4.90 Å². The lowest BCUT2D eigenvalue weighted by molar-refractivity contribution is 0.494. The Hall–Kier alpha value is -2.65. The molecular weight excluding hydrogens is 368 g/mol. The number of fused-ring (bicyclic) bond motifs is 1. The van der Waals surface area contributed by atoms with E-state index in [2.05, 4.69) is 36.9 Å². The third-order valence-corrected chi connectivity index (χ3v) is 4.45. The predicted octanol–water partition coefficient (Wildman–Crippen LogP) is 3.93. The van der Waals surface area contributed by atoms with Gasteiger partial charge in [-0.15, -0.1) is 0 Å². The molecule has 6 heteroatoms. The summed E-state index contributed by atoms with van der Waals surface area (Å²) in [5.41, 5.74) is 3.37. The number of anilines is 1. The van der Waals surface area contributed by atoms with E-state index >= 15 is 0 Å². The molecule has 2 aromatic heterocycles. The van der Waals surface area contributed by atoms with Gasteiger partial charge < -0.3 is 9.32 Å². The number of hydrogen-bond acceptors (Lipinski definition) is 5. The van der Waals surface area contributed by atoms with Gasteiger partial charge in [0.2, 0.25) is 5.89 Å². The first kappa shape index (κ1) is 14.9. The van der Waals surface area contributed by atoms with Crippen molar-refractivity contribution >= 4 is 21.6 Å². The summed E-state index contributed by atoms with van der Waals surface area (Å²) in [6.45, 7) is 1.47. The molecule has 0 bridgehead atoms. The van der Waals surface area contributed by atoms with Gasteiger partial charge in [0.25, 0.3) is 0 Å². The summed E-state index contributed by atoms with van der Waals surface area (Å²) in [5.74, 6) is 1.43. The SMILES string of the molecule is N#Cc1cc(Br)cc(N2CCc3nc(-c4ccccn4)oc3C2)c1. The molecule has 0 fully saturated rings. The highest BCUT2D eigenvalue weighted by Gasteiger charge is 2.23. The molecule has 0 saturated heterocycles. The van der Waals surface area contributed by atoms with Crippen LogP contribution in [0.1, 0.15) is 17.0 Å². The molecule has 3 heterocycles. The van der Waals surface area contributed by atoms with Crippen molar-refractivity contribution in [1.82, 2.24) is 9.97 Å². The number of oxazole rings is 1. The van der Waals surface area contributed by atoms with E-state index in [1.807, 2.05) is 36.4 Å². The number of benzene rings is 1. The minimum atomic E-state index is 0.564. The Balaban J connectivity index is 1.64. The molecule has 0 atom stereocenters. The van der Waals surface area contributed by atoms with E-state index in [-0.39, 0.29) is 0 Å². The van der Waals surface area contributed by atoms with Crippen LogP contribution in [0, 0.1) is 11.3 Å². The van der Waals surface area contributed by atoms with E-state index in [1.54, 1.807) is 6.20 Å². The van der Waals surface area contributed by atoms with Crippen LogP contribution in [0.2, 0.25) is 0 Å². The van der Waals surface area contributed by atoms with Crippen molar-refractivity contribution in [3.8, 4) is 17.7 Å². The highest BCUT2D eigenvalue weighted by atomic mass is 79.9. The molecule has 0 N–H and O–H groups in total. The summed E-state index contributed by atoms with van der Waals surface area (Å²) in [6.07, 6.45) is 2.54. The van der Waals surface area contributed by atoms with Crippen LogP contribution in [-0.4, -0.2) is 16.5 Å². The van der Waals surface area contributed by atoms with Crippen molar-refractivity contribution in [2.45, 2.75) is 13.0 Å². The Bertz CT molecular complexity index is 930. The van der Waals surface area contributed by atoms with Gasteiger partial charge in [-0.05, 0) is 30.3 Å². The molecule has 0 radical (unpaired) electrons. The lowest BCUT2D eigenvalue weighted by atomic mass is 10.1. The number of aromatic nitrogens is 2. The van der Waals surface area contributed by atoms with Gasteiger partial charge in [-0.25, -0.2) is 4.98 Å². The zero-order valence-corrected chi connectivity index (χ0v) is 14.3. The van der Waals surface area contributed by atoms with Gasteiger partial charge in [0, 0.05) is 29.3 Å². The average Bonchev–Trinajstić information content (AvgIpc) is 3.05. The first-order valence-corrected chi connectivity index (χ1v) is 8.38. The second-order valence-electron chi connectivity index (χ2n) is 5.59. The standard InChI is InChI=1S/C18H13BrN4O/c19-13-7-12(10-20)8-14(9-13)23-6-4-15-17(11-23)24-18(22-15)16-3-1-2-5-21-16/h1-3,5,7-9H,4,6,11H2. The minimum absolute atomic E-state index is 0.564. The quantitative estimate of drug-likeness (QED) is 0.673. The number of hydrogen-bond donors (Lipinski definition) is 0. The Kier molecular flexibility index (Phi) is 3.79. The fraction of sp³-hybridized carbons (Fsp3) is 0.167. The van der Waals surface area contributed by atoms with E-state index < -0.39 is 0 Å². The fourth-order valence-corrected chi connectivity index (χ4v) is 3.32. The Morgan fingerprint density at radius 1 is 1.25 bits per heavy atom. The summed E-state index contributed by atoms with van der Waals surface area (Å²) in [7, 11) is 0. The molecule has 0 aliphatic carbocycles. The van der Waals surface area contributed by atoms with Crippen LogP contribution in [-0.2, 0) is 13.0 Å². The zero-order valence-electron chi connectivity index (χ0n) is 12.7. The van der Waals surface area contributed by atoms with Crippen molar-refractivity contribution in [2.24, 2.45) is 0 Å². The molecule has 0 amide bonds. The van der Waals surface area contributed by atoms with Gasteiger partial charge >= 0.3 is 0 Å². The van der Waals surface area contributed by atoms with E-state index in [1.165, 1.54) is 0 Å². The Morgan fingerprint density at radius 3 is 2.96 bits per heavy atom. The van der Waals surface area contributed by atoms with Gasteiger partial charge in [-0.2, -0.15) is 5.26 Å². The summed E-state index contributed by atoms with van der Waals surface area (Å²) in [5, 5.41) is 9.15. The molecule has 1 aliphatic rings. The lowest BCUT2D eigenvalue weighted by Gasteiger charge is -2.27. The van der Waals surface area contributed by atoms with Crippen LogP contribution >= 0.6 is 15.9 Å². The maximum absolute atomic E-state index is 9.15. The summed E-state index contributed by atoms with van der Waals surface area (Å²) < 4.78 is 6.84. The van der Waals surface area contributed by atoms with Crippen molar-refractivity contribution in [3.63, 3.8) is 0 Å². The number of rotatable bonds is 2. The van der Waals surface area contributed by atoms with Crippen molar-refractivity contribution in [3.05, 3.63) is 64.1 Å². The van der Waals surface area contributed by atoms with Crippen LogP contribution in [0.4, 0.5) is 5.69 Å². The molecule has 0 unspecified atom stereocenters. The van der Waals surface area contributed by atoms with E-state index in [4.69, 9.17) is 9.68 Å². The number of nitrogens with zero attached hydrogens (tertiary/aromatic N) is 4. The van der Waals surface area contributed by atoms with Crippen LogP contribution in [0.3, 0.4) is 0 Å². The van der Waals surface area contributed by atoms with Crippen molar-refractivity contribution in [2.75, 3.05) is 11.4 Å². The van der Waals surface area contributed by atoms with Gasteiger partial charge in [0.1, 0.15) is 11.5 Å². The predicted molar refractivity (Wildman–Crippen MR) is 93.3 cm³/mol. The second-order valence-corrected chi connectivity index (χ2v) is 6.50. The molecule has 1 aromatic carbocycles. The molecule has 5 nitrogen and oxygen atoms in total. The molecule has 118 valence electrons. The smallest absolute Gasteiger partial charge is 0.245 e. The molecule has 4 rings (SSSR count). The van der Waals surface area contributed by atoms with Crippen LogP contribution in [0.25, 0.3) is 11.6 Å². The summed E-state index contributed by atoms with van der Waals surface area (Å²) in [6, 6.07) is 13.6. The maximum Gasteiger partial charge on any atom is 0.245 e. The molecule has 0 spiro atoms. The Morgan fingerprint density at radius 2 is 2.17 bits per heavy atom. The molecule has 24 heavy (non-hydrogen) atoms. The van der Waals surface area contributed by atoms with Crippen molar-refractivity contribution < 1.29 is 4.42 Å². The number of nitriles is 1. The van der Waals surface area contributed by atoms with Gasteiger partial charge in [-0.3, -0.25) is 4.98 Å². The van der Waals surface area contributed by atoms with E-state index in [0.29, 0.717) is 18.0 Å². The molecule has 1 aliphatic heterocycles. The average molecular weight is 381 g/mol. The molecular formula is C18H13BrN4O. The summed E-state index contributed by atoms with van der Waals surface area (Å²) >= 11 is 3.47. The normalized spacial score (nSPS) is 13.4. The molecule has 0 saturated carbocycles. The Labute approximate surface area is 147 Å². The van der Waals surface area contributed by atoms with Crippen LogP contribution in [0.15, 0.2) is 51.5 Å². The highest BCUT2D eigenvalue weighted by Crippen LogP contribution is 2.30. The second kappa shape index (κ2) is 6.10. The third-order valence-electron chi connectivity index (χ3n) is 3.99. The maximum atomic E-state index is 9.15. The van der Waals surface area contributed by atoms with Gasteiger partial charge in [-0.1, -0.05) is 22.0 Å². The monoisotopic (exact) mass is 380 g/mol. The highest BCUT2D eigenvalue weighted by molar-refractivity contribution is 9.10. The van der Waals surface area contributed by atoms with Crippen LogP contribution in [0.5, 0.6) is 0 Å². The topological polar surface area (TPSA) is 66.0 Å².